The van der Waals surface area contributed by atoms with Crippen molar-refractivity contribution in [2.45, 2.75) is 38.3 Å². The van der Waals surface area contributed by atoms with E-state index in [2.05, 4.69) is 0 Å². The highest BCUT2D eigenvalue weighted by molar-refractivity contribution is 5.80. The van der Waals surface area contributed by atoms with Gasteiger partial charge < -0.3 is 9.84 Å². The lowest BCUT2D eigenvalue weighted by atomic mass is 9.95. The number of likely N-dealkylation sites (N-methyl/N-ethyl adjacent to an activating group) is 1. The maximum Gasteiger partial charge on any atom is 0.328 e. The van der Waals surface area contributed by atoms with Crippen LogP contribution in [0.5, 0.6) is 0 Å². The van der Waals surface area contributed by atoms with Crippen molar-refractivity contribution in [1.82, 2.24) is 5.06 Å². The standard InChI is InChI=1S/C10H19NO4/c1-4-14-9(13)10(2)7-8(5-6-12)15-11(10)3/h8,12H,4-7H2,1-3H3. The van der Waals surface area contributed by atoms with Crippen molar-refractivity contribution >= 4 is 5.97 Å². The number of aliphatic hydroxyl groups excluding tert-OH is 1. The SMILES string of the molecule is CCOC(=O)C1(C)CC(CCO)ON1C. The van der Waals surface area contributed by atoms with E-state index in [-0.39, 0.29) is 18.7 Å². The third-order valence-corrected chi connectivity index (χ3v) is 2.79. The second-order valence-corrected chi connectivity index (χ2v) is 3.94. The minimum absolute atomic E-state index is 0.0669. The Bertz CT molecular complexity index is 233. The zero-order valence-corrected chi connectivity index (χ0v) is 9.52. The summed E-state index contributed by atoms with van der Waals surface area (Å²) in [6, 6.07) is 0. The maximum atomic E-state index is 11.7. The average Bonchev–Trinajstić information content (AvgIpc) is 2.45. The molecule has 1 aliphatic rings. The summed E-state index contributed by atoms with van der Waals surface area (Å²) < 4.78 is 5.00. The van der Waals surface area contributed by atoms with Gasteiger partial charge in [-0.2, -0.15) is 5.06 Å². The minimum Gasteiger partial charge on any atom is -0.465 e. The van der Waals surface area contributed by atoms with Gasteiger partial charge in [-0.3, -0.25) is 4.84 Å². The van der Waals surface area contributed by atoms with Crippen molar-refractivity contribution in [3.63, 3.8) is 0 Å². The van der Waals surface area contributed by atoms with Crippen LogP contribution in [-0.4, -0.2) is 48.0 Å². The van der Waals surface area contributed by atoms with Gasteiger partial charge in [-0.1, -0.05) is 0 Å². The monoisotopic (exact) mass is 217 g/mol. The molecule has 0 aromatic carbocycles. The van der Waals surface area contributed by atoms with Gasteiger partial charge >= 0.3 is 5.97 Å². The number of aliphatic hydroxyl groups is 1. The highest BCUT2D eigenvalue weighted by atomic mass is 16.7. The van der Waals surface area contributed by atoms with Gasteiger partial charge in [0.25, 0.3) is 0 Å². The normalized spacial score (nSPS) is 31.9. The summed E-state index contributed by atoms with van der Waals surface area (Å²) in [5.41, 5.74) is -0.726. The molecule has 0 aliphatic carbocycles. The molecule has 0 bridgehead atoms. The van der Waals surface area contributed by atoms with Gasteiger partial charge in [0.2, 0.25) is 0 Å². The molecule has 1 aliphatic heterocycles. The summed E-state index contributed by atoms with van der Waals surface area (Å²) in [5.74, 6) is -0.270. The molecule has 2 atom stereocenters. The molecule has 5 heteroatoms. The molecule has 5 nitrogen and oxygen atoms in total. The highest BCUT2D eigenvalue weighted by Gasteiger charge is 2.48. The molecular formula is C10H19NO4. The molecule has 1 N–H and O–H groups in total. The fourth-order valence-corrected chi connectivity index (χ4v) is 1.75. The van der Waals surface area contributed by atoms with E-state index in [1.54, 1.807) is 20.9 Å². The Kier molecular flexibility index (Phi) is 4.07. The van der Waals surface area contributed by atoms with Crippen LogP contribution in [0.3, 0.4) is 0 Å². The molecule has 0 aromatic rings. The van der Waals surface area contributed by atoms with Gasteiger partial charge in [0, 0.05) is 20.1 Å². The van der Waals surface area contributed by atoms with Crippen molar-refractivity contribution < 1.29 is 19.5 Å². The summed E-state index contributed by atoms with van der Waals surface area (Å²) in [6.07, 6.45) is 0.997. The number of nitrogens with zero attached hydrogens (tertiary/aromatic N) is 1. The largest absolute Gasteiger partial charge is 0.465 e. The number of esters is 1. The van der Waals surface area contributed by atoms with Crippen LogP contribution in [0.4, 0.5) is 0 Å². The Hall–Kier alpha value is -0.650. The highest BCUT2D eigenvalue weighted by Crippen LogP contribution is 2.32. The Labute approximate surface area is 89.9 Å². The average molecular weight is 217 g/mol. The molecule has 1 fully saturated rings. The third kappa shape index (κ3) is 2.48. The van der Waals surface area contributed by atoms with E-state index in [9.17, 15) is 4.79 Å². The van der Waals surface area contributed by atoms with Crippen molar-refractivity contribution in [3.05, 3.63) is 0 Å². The number of carbonyl (C=O) groups excluding carboxylic acids is 1. The number of hydrogen-bond acceptors (Lipinski definition) is 5. The lowest BCUT2D eigenvalue weighted by molar-refractivity contribution is -0.190. The van der Waals surface area contributed by atoms with Gasteiger partial charge in [0.15, 0.2) is 0 Å². The lowest BCUT2D eigenvalue weighted by Gasteiger charge is -2.26. The number of carbonyl (C=O) groups is 1. The number of hydroxylamine groups is 2. The Balaban J connectivity index is 2.64. The first kappa shape index (κ1) is 12.4. The minimum atomic E-state index is -0.726. The molecule has 88 valence electrons. The molecule has 0 radical (unpaired) electrons. The van der Waals surface area contributed by atoms with Gasteiger partial charge in [-0.25, -0.2) is 4.79 Å². The fraction of sp³-hybridized carbons (Fsp3) is 0.900. The first-order valence-corrected chi connectivity index (χ1v) is 5.23. The maximum absolute atomic E-state index is 11.7. The zero-order valence-electron chi connectivity index (χ0n) is 9.52. The van der Waals surface area contributed by atoms with Crippen LogP contribution in [0.2, 0.25) is 0 Å². The summed E-state index contributed by atoms with van der Waals surface area (Å²) in [7, 11) is 1.72. The zero-order chi connectivity index (χ0) is 11.5. The quantitative estimate of drug-likeness (QED) is 0.687. The van der Waals surface area contributed by atoms with E-state index in [4.69, 9.17) is 14.7 Å². The van der Waals surface area contributed by atoms with Crippen LogP contribution in [0, 0.1) is 0 Å². The fourth-order valence-electron chi connectivity index (χ4n) is 1.75. The van der Waals surface area contributed by atoms with E-state index in [1.165, 1.54) is 5.06 Å². The first-order valence-electron chi connectivity index (χ1n) is 5.23. The number of rotatable bonds is 4. The second kappa shape index (κ2) is 4.92. The van der Waals surface area contributed by atoms with Crippen LogP contribution in [0.15, 0.2) is 0 Å². The van der Waals surface area contributed by atoms with Gasteiger partial charge in [-0.05, 0) is 20.3 Å². The molecule has 0 saturated carbocycles. The second-order valence-electron chi connectivity index (χ2n) is 3.94. The molecule has 15 heavy (non-hydrogen) atoms. The summed E-state index contributed by atoms with van der Waals surface area (Å²) in [6.45, 7) is 4.01. The van der Waals surface area contributed by atoms with Gasteiger partial charge in [-0.15, -0.1) is 0 Å². The molecule has 1 saturated heterocycles. The molecule has 1 heterocycles. The van der Waals surface area contributed by atoms with Crippen molar-refractivity contribution in [3.8, 4) is 0 Å². The van der Waals surface area contributed by atoms with Gasteiger partial charge in [0.05, 0.1) is 12.7 Å². The predicted molar refractivity (Wildman–Crippen MR) is 54.0 cm³/mol. The Morgan fingerprint density at radius 1 is 1.73 bits per heavy atom. The van der Waals surface area contributed by atoms with E-state index in [1.807, 2.05) is 0 Å². The van der Waals surface area contributed by atoms with Gasteiger partial charge in [0.1, 0.15) is 5.54 Å². The summed E-state index contributed by atoms with van der Waals surface area (Å²) in [5, 5.41) is 10.3. The molecule has 0 spiro atoms. The smallest absolute Gasteiger partial charge is 0.328 e. The van der Waals surface area contributed by atoms with Crippen molar-refractivity contribution in [2.75, 3.05) is 20.3 Å². The van der Waals surface area contributed by atoms with Crippen LogP contribution in [-0.2, 0) is 14.4 Å². The topological polar surface area (TPSA) is 59.0 Å². The predicted octanol–water partition coefficient (Wildman–Crippen LogP) is 0.326. The first-order chi connectivity index (χ1) is 7.04. The molecule has 0 aromatic heterocycles. The molecule has 1 rings (SSSR count). The van der Waals surface area contributed by atoms with E-state index >= 15 is 0 Å². The van der Waals surface area contributed by atoms with Crippen molar-refractivity contribution in [1.29, 1.82) is 0 Å². The molecular weight excluding hydrogens is 198 g/mol. The third-order valence-electron chi connectivity index (χ3n) is 2.79. The Morgan fingerprint density at radius 3 is 2.93 bits per heavy atom. The summed E-state index contributed by atoms with van der Waals surface area (Å²) in [4.78, 5) is 17.2. The van der Waals surface area contributed by atoms with Crippen LogP contribution in [0.25, 0.3) is 0 Å². The number of ether oxygens (including phenoxy) is 1. The summed E-state index contributed by atoms with van der Waals surface area (Å²) >= 11 is 0. The van der Waals surface area contributed by atoms with Crippen LogP contribution < -0.4 is 0 Å². The molecule has 2 unspecified atom stereocenters. The van der Waals surface area contributed by atoms with Crippen LogP contribution >= 0.6 is 0 Å². The van der Waals surface area contributed by atoms with E-state index < -0.39 is 5.54 Å². The van der Waals surface area contributed by atoms with E-state index in [0.29, 0.717) is 19.4 Å². The van der Waals surface area contributed by atoms with Crippen LogP contribution in [0.1, 0.15) is 26.7 Å². The lowest BCUT2D eigenvalue weighted by Crippen LogP contribution is -2.46. The number of hydrogen-bond donors (Lipinski definition) is 1. The Morgan fingerprint density at radius 2 is 2.40 bits per heavy atom. The van der Waals surface area contributed by atoms with E-state index in [0.717, 1.165) is 0 Å². The van der Waals surface area contributed by atoms with Crippen molar-refractivity contribution in [2.24, 2.45) is 0 Å². The molecule has 0 amide bonds.